The summed E-state index contributed by atoms with van der Waals surface area (Å²) in [5.41, 5.74) is 11.4. The molecule has 3 N–H and O–H groups in total. The first-order valence-corrected chi connectivity index (χ1v) is 13.4. The number of nitrogens with two attached hydrogens (primary N) is 1. The van der Waals surface area contributed by atoms with Gasteiger partial charge in [-0.2, -0.15) is 4.31 Å². The lowest BCUT2D eigenvalue weighted by atomic mass is 9.98. The SMILES string of the molecule is C=C(C)C(=O)Nc1ccc(-c2c(-c3ccc(S(=O)(=O)N4CCCC4)cc3)c3c(N)ncnc3n2C)cc1. The lowest BCUT2D eigenvalue weighted by molar-refractivity contribution is -0.112. The number of sulfonamides is 1. The van der Waals surface area contributed by atoms with Crippen molar-refractivity contribution in [1.82, 2.24) is 18.8 Å². The fourth-order valence-corrected chi connectivity index (χ4v) is 6.23. The Morgan fingerprint density at radius 2 is 1.62 bits per heavy atom. The molecule has 0 atom stereocenters. The van der Waals surface area contributed by atoms with E-state index in [0.717, 1.165) is 35.2 Å². The Balaban J connectivity index is 1.62. The summed E-state index contributed by atoms with van der Waals surface area (Å²) < 4.78 is 29.6. The van der Waals surface area contributed by atoms with Crippen molar-refractivity contribution >= 4 is 38.5 Å². The number of nitrogens with one attached hydrogen (secondary N) is 1. The Morgan fingerprint density at radius 3 is 2.24 bits per heavy atom. The van der Waals surface area contributed by atoms with Crippen LogP contribution >= 0.6 is 0 Å². The fraction of sp³-hybridized carbons (Fsp3) is 0.222. The smallest absolute Gasteiger partial charge is 0.250 e. The molecule has 1 amide bonds. The van der Waals surface area contributed by atoms with E-state index in [1.165, 1.54) is 10.6 Å². The summed E-state index contributed by atoms with van der Waals surface area (Å²) in [5.74, 6) is 0.0889. The molecule has 37 heavy (non-hydrogen) atoms. The predicted octanol–water partition coefficient (Wildman–Crippen LogP) is 4.18. The Morgan fingerprint density at radius 1 is 1.00 bits per heavy atom. The summed E-state index contributed by atoms with van der Waals surface area (Å²) in [4.78, 5) is 20.9. The first-order valence-electron chi connectivity index (χ1n) is 11.9. The van der Waals surface area contributed by atoms with Crippen LogP contribution < -0.4 is 11.1 Å². The van der Waals surface area contributed by atoms with Crippen molar-refractivity contribution in [3.8, 4) is 22.4 Å². The number of anilines is 2. The predicted molar refractivity (Wildman–Crippen MR) is 145 cm³/mol. The topological polar surface area (TPSA) is 123 Å². The average Bonchev–Trinajstić information content (AvgIpc) is 3.53. The highest BCUT2D eigenvalue weighted by molar-refractivity contribution is 7.89. The molecule has 4 aromatic rings. The molecular formula is C27H28N6O3S. The lowest BCUT2D eigenvalue weighted by Crippen LogP contribution is -2.27. The van der Waals surface area contributed by atoms with Crippen LogP contribution in [0.2, 0.25) is 0 Å². The second kappa shape index (κ2) is 9.45. The second-order valence-corrected chi connectivity index (χ2v) is 11.1. The molecule has 1 fully saturated rings. The highest BCUT2D eigenvalue weighted by Crippen LogP contribution is 2.42. The van der Waals surface area contributed by atoms with Crippen molar-refractivity contribution in [1.29, 1.82) is 0 Å². The molecule has 10 heteroatoms. The number of hydrogen-bond acceptors (Lipinski definition) is 6. The first kappa shape index (κ1) is 24.7. The third-order valence-electron chi connectivity index (χ3n) is 6.65. The second-order valence-electron chi connectivity index (χ2n) is 9.19. The number of hydrogen-bond donors (Lipinski definition) is 2. The zero-order chi connectivity index (χ0) is 26.3. The van der Waals surface area contributed by atoms with Crippen LogP contribution in [-0.2, 0) is 21.9 Å². The molecular weight excluding hydrogens is 488 g/mol. The number of rotatable bonds is 6. The van der Waals surface area contributed by atoms with Gasteiger partial charge in [0.1, 0.15) is 17.8 Å². The van der Waals surface area contributed by atoms with Crippen LogP contribution in [0.25, 0.3) is 33.4 Å². The van der Waals surface area contributed by atoms with Crippen molar-refractivity contribution in [2.24, 2.45) is 7.05 Å². The van der Waals surface area contributed by atoms with Gasteiger partial charge in [0.05, 0.1) is 16.0 Å². The summed E-state index contributed by atoms with van der Waals surface area (Å²) in [6, 6.07) is 14.3. The molecule has 5 rings (SSSR count). The normalized spacial score (nSPS) is 14.2. The van der Waals surface area contributed by atoms with E-state index in [2.05, 4.69) is 21.9 Å². The van der Waals surface area contributed by atoms with E-state index in [4.69, 9.17) is 5.73 Å². The molecule has 3 heterocycles. The molecule has 0 aliphatic carbocycles. The van der Waals surface area contributed by atoms with E-state index in [-0.39, 0.29) is 10.8 Å². The van der Waals surface area contributed by atoms with Gasteiger partial charge in [-0.25, -0.2) is 18.4 Å². The summed E-state index contributed by atoms with van der Waals surface area (Å²) in [5, 5.41) is 3.50. The molecule has 0 unspecified atom stereocenters. The van der Waals surface area contributed by atoms with E-state index < -0.39 is 10.0 Å². The summed E-state index contributed by atoms with van der Waals surface area (Å²) in [6.45, 7) is 6.42. The number of carbonyl (C=O) groups excluding carboxylic acids is 1. The molecule has 1 aliphatic heterocycles. The minimum atomic E-state index is -3.53. The quantitative estimate of drug-likeness (QED) is 0.371. The number of aryl methyl sites for hydroxylation is 1. The van der Waals surface area contributed by atoms with Gasteiger partial charge in [-0.05, 0) is 55.2 Å². The van der Waals surface area contributed by atoms with Crippen LogP contribution in [0.3, 0.4) is 0 Å². The maximum absolute atomic E-state index is 13.0. The molecule has 1 aliphatic rings. The zero-order valence-corrected chi connectivity index (χ0v) is 21.5. The van der Waals surface area contributed by atoms with Crippen LogP contribution in [0, 0.1) is 0 Å². The highest BCUT2D eigenvalue weighted by Gasteiger charge is 2.28. The third-order valence-corrected chi connectivity index (χ3v) is 8.56. The Kier molecular flexibility index (Phi) is 6.30. The number of nitrogen functional groups attached to an aromatic ring is 1. The van der Waals surface area contributed by atoms with Gasteiger partial charge in [0, 0.05) is 37.0 Å². The van der Waals surface area contributed by atoms with Gasteiger partial charge in [-0.1, -0.05) is 30.8 Å². The van der Waals surface area contributed by atoms with Crippen molar-refractivity contribution in [2.45, 2.75) is 24.7 Å². The molecule has 0 bridgehead atoms. The van der Waals surface area contributed by atoms with Crippen LogP contribution in [-0.4, -0.2) is 46.3 Å². The maximum Gasteiger partial charge on any atom is 0.250 e. The largest absolute Gasteiger partial charge is 0.383 e. The average molecular weight is 517 g/mol. The van der Waals surface area contributed by atoms with Crippen LogP contribution in [0.15, 0.2) is 71.9 Å². The molecule has 2 aromatic carbocycles. The summed E-state index contributed by atoms with van der Waals surface area (Å²) in [7, 11) is -1.63. The fourth-order valence-electron chi connectivity index (χ4n) is 4.71. The molecule has 0 radical (unpaired) electrons. The molecule has 0 spiro atoms. The molecule has 2 aromatic heterocycles. The summed E-state index contributed by atoms with van der Waals surface area (Å²) >= 11 is 0. The lowest BCUT2D eigenvalue weighted by Gasteiger charge is -2.16. The molecule has 190 valence electrons. The number of carbonyl (C=O) groups is 1. The van der Waals surface area contributed by atoms with Crippen molar-refractivity contribution < 1.29 is 13.2 Å². The Labute approximate surface area is 215 Å². The number of amides is 1. The van der Waals surface area contributed by atoms with E-state index in [0.29, 0.717) is 41.2 Å². The maximum atomic E-state index is 13.0. The Bertz CT molecular complexity index is 1620. The number of nitrogens with zero attached hydrogens (tertiary/aromatic N) is 4. The zero-order valence-electron chi connectivity index (χ0n) is 20.7. The van der Waals surface area contributed by atoms with Gasteiger partial charge in [0.25, 0.3) is 5.91 Å². The van der Waals surface area contributed by atoms with Crippen LogP contribution in [0.1, 0.15) is 19.8 Å². The van der Waals surface area contributed by atoms with Crippen molar-refractivity contribution in [3.05, 3.63) is 67.0 Å². The van der Waals surface area contributed by atoms with E-state index in [9.17, 15) is 13.2 Å². The summed E-state index contributed by atoms with van der Waals surface area (Å²) in [6.07, 6.45) is 3.18. The standard InChI is InChI=1S/C27H28N6O3S/c1-17(2)27(34)31-20-10-6-19(7-11-20)24-22(23-25(28)29-16-30-26(23)32(24)3)18-8-12-21(13-9-18)37(35,36)33-14-4-5-15-33/h6-13,16H,1,4-5,14-15H2,2-3H3,(H,31,34)(H2,28,29,30). The molecule has 0 saturated carbocycles. The molecule has 1 saturated heterocycles. The van der Waals surface area contributed by atoms with Gasteiger partial charge in [0.2, 0.25) is 10.0 Å². The number of benzene rings is 2. The first-order chi connectivity index (χ1) is 17.7. The minimum absolute atomic E-state index is 0.245. The van der Waals surface area contributed by atoms with Crippen molar-refractivity contribution in [3.63, 3.8) is 0 Å². The van der Waals surface area contributed by atoms with Gasteiger partial charge >= 0.3 is 0 Å². The van der Waals surface area contributed by atoms with Crippen molar-refractivity contribution in [2.75, 3.05) is 24.1 Å². The third kappa shape index (κ3) is 4.38. The molecule has 9 nitrogen and oxygen atoms in total. The van der Waals surface area contributed by atoms with Crippen LogP contribution in [0.5, 0.6) is 0 Å². The van der Waals surface area contributed by atoms with Gasteiger partial charge in [-0.15, -0.1) is 0 Å². The highest BCUT2D eigenvalue weighted by atomic mass is 32.2. The van der Waals surface area contributed by atoms with Gasteiger partial charge < -0.3 is 15.6 Å². The van der Waals surface area contributed by atoms with Gasteiger partial charge in [-0.3, -0.25) is 4.79 Å². The van der Waals surface area contributed by atoms with Gasteiger partial charge in [0.15, 0.2) is 0 Å². The number of aromatic nitrogens is 3. The van der Waals surface area contributed by atoms with E-state index in [1.807, 2.05) is 35.9 Å². The van der Waals surface area contributed by atoms with Crippen LogP contribution in [0.4, 0.5) is 11.5 Å². The van der Waals surface area contributed by atoms with E-state index >= 15 is 0 Å². The minimum Gasteiger partial charge on any atom is -0.383 e. The number of fused-ring (bicyclic) bond motifs is 1. The van der Waals surface area contributed by atoms with E-state index in [1.54, 1.807) is 31.2 Å². The Hall–Kier alpha value is -4.02. The monoisotopic (exact) mass is 516 g/mol.